The van der Waals surface area contributed by atoms with E-state index in [0.29, 0.717) is 6.61 Å². The molecule has 4 nitrogen and oxygen atoms in total. The van der Waals surface area contributed by atoms with Crippen LogP contribution in [0.3, 0.4) is 0 Å². The number of rotatable bonds is 8. The van der Waals surface area contributed by atoms with Gasteiger partial charge in [0.2, 0.25) is 0 Å². The largest absolute Gasteiger partial charge is 0.372 e. The Kier molecular flexibility index (Phi) is 11.8. The van der Waals surface area contributed by atoms with E-state index in [1.807, 2.05) is 27.2 Å². The fourth-order valence-corrected chi connectivity index (χ4v) is 3.15. The zero-order valence-electron chi connectivity index (χ0n) is 17.0. The van der Waals surface area contributed by atoms with Crippen molar-refractivity contribution in [3.8, 4) is 0 Å². The van der Waals surface area contributed by atoms with Gasteiger partial charge in [-0.25, -0.2) is 9.98 Å². The van der Waals surface area contributed by atoms with Crippen molar-refractivity contribution in [2.24, 2.45) is 4.99 Å². The van der Waals surface area contributed by atoms with Crippen LogP contribution < -0.4 is 0 Å². The minimum absolute atomic E-state index is 0. The molecule has 0 aliphatic heterocycles. The second kappa shape index (κ2) is 12.3. The minimum Gasteiger partial charge on any atom is -0.372 e. The van der Waals surface area contributed by atoms with Crippen LogP contribution >= 0.6 is 36.2 Å². The molecule has 2 rings (SSSR count). The molecule has 0 fully saturated rings. The highest BCUT2D eigenvalue weighted by molar-refractivity contribution is 7.09. The van der Waals surface area contributed by atoms with E-state index >= 15 is 0 Å². The molecule has 0 amide bonds. The van der Waals surface area contributed by atoms with E-state index < -0.39 is 0 Å². The lowest BCUT2D eigenvalue weighted by Crippen LogP contribution is -2.14. The van der Waals surface area contributed by atoms with Gasteiger partial charge in [0.25, 0.3) is 0 Å². The van der Waals surface area contributed by atoms with Crippen molar-refractivity contribution in [2.75, 3.05) is 13.6 Å². The standard InChI is InChI=1S/C20H29N3OS.2ClH/c1-7-23(6)13-21-19-9-15(4)17(8-16(19)5)10-20-22-18(12-25-20)11-24-14(2)3;;/h8-9,12-14H,7,10-11H2,1-6H3;2*1H/b21-13-;;. The number of thiazole rings is 1. The first kappa shape index (κ1) is 25.9. The molecule has 0 saturated heterocycles. The monoisotopic (exact) mass is 431 g/mol. The van der Waals surface area contributed by atoms with Crippen LogP contribution in [0.4, 0.5) is 5.69 Å². The summed E-state index contributed by atoms with van der Waals surface area (Å²) < 4.78 is 5.63. The van der Waals surface area contributed by atoms with Crippen LogP contribution in [0.2, 0.25) is 0 Å². The van der Waals surface area contributed by atoms with Crippen molar-refractivity contribution >= 4 is 48.2 Å². The van der Waals surface area contributed by atoms with E-state index in [2.05, 4.69) is 48.2 Å². The van der Waals surface area contributed by atoms with Crippen LogP contribution in [0.25, 0.3) is 0 Å². The average Bonchev–Trinajstić information content (AvgIpc) is 3.02. The lowest BCUT2D eigenvalue weighted by Gasteiger charge is -2.11. The molecule has 0 N–H and O–H groups in total. The topological polar surface area (TPSA) is 37.7 Å². The predicted molar refractivity (Wildman–Crippen MR) is 122 cm³/mol. The number of ether oxygens (including phenoxy) is 1. The predicted octanol–water partition coefficient (Wildman–Crippen LogP) is 5.73. The van der Waals surface area contributed by atoms with Gasteiger partial charge >= 0.3 is 0 Å². The van der Waals surface area contributed by atoms with Gasteiger partial charge in [0.15, 0.2) is 0 Å². The van der Waals surface area contributed by atoms with E-state index in [1.165, 1.54) is 16.7 Å². The van der Waals surface area contributed by atoms with E-state index in [-0.39, 0.29) is 30.9 Å². The second-order valence-corrected chi connectivity index (χ2v) is 7.59. The quantitative estimate of drug-likeness (QED) is 0.395. The Balaban J connectivity index is 0.00000338. The Morgan fingerprint density at radius 3 is 2.56 bits per heavy atom. The Morgan fingerprint density at radius 1 is 1.22 bits per heavy atom. The Labute approximate surface area is 179 Å². The summed E-state index contributed by atoms with van der Waals surface area (Å²) in [5.41, 5.74) is 5.82. The van der Waals surface area contributed by atoms with Crippen LogP contribution in [0.5, 0.6) is 0 Å². The van der Waals surface area contributed by atoms with Crippen LogP contribution in [-0.2, 0) is 17.8 Å². The van der Waals surface area contributed by atoms with Crippen molar-refractivity contribution < 1.29 is 4.74 Å². The third-order valence-electron chi connectivity index (χ3n) is 4.05. The summed E-state index contributed by atoms with van der Waals surface area (Å²) in [6, 6.07) is 4.40. The zero-order chi connectivity index (χ0) is 18.4. The number of hydrogen-bond donors (Lipinski definition) is 0. The van der Waals surface area contributed by atoms with Gasteiger partial charge in [-0.05, 0) is 57.4 Å². The molecule has 0 spiro atoms. The molecule has 152 valence electrons. The minimum atomic E-state index is 0. The van der Waals surface area contributed by atoms with Gasteiger partial charge in [-0.3, -0.25) is 0 Å². The van der Waals surface area contributed by atoms with Crippen molar-refractivity contribution in [3.63, 3.8) is 0 Å². The molecule has 0 bridgehead atoms. The summed E-state index contributed by atoms with van der Waals surface area (Å²) in [5, 5.41) is 3.23. The maximum Gasteiger partial charge on any atom is 0.0973 e. The summed E-state index contributed by atoms with van der Waals surface area (Å²) in [6.45, 7) is 12.0. The summed E-state index contributed by atoms with van der Waals surface area (Å²) in [4.78, 5) is 11.4. The fourth-order valence-electron chi connectivity index (χ4n) is 2.34. The number of hydrogen-bond acceptors (Lipinski definition) is 4. The number of benzene rings is 1. The Bertz CT molecular complexity index is 732. The summed E-state index contributed by atoms with van der Waals surface area (Å²) >= 11 is 1.70. The maximum atomic E-state index is 5.63. The molecule has 0 unspecified atom stereocenters. The molecule has 1 heterocycles. The molecule has 27 heavy (non-hydrogen) atoms. The van der Waals surface area contributed by atoms with E-state index in [0.717, 1.165) is 29.4 Å². The van der Waals surface area contributed by atoms with Gasteiger partial charge in [0.1, 0.15) is 0 Å². The molecule has 2 aromatic rings. The van der Waals surface area contributed by atoms with Gasteiger partial charge < -0.3 is 9.64 Å². The van der Waals surface area contributed by atoms with Crippen LogP contribution in [-0.4, -0.2) is 35.9 Å². The molecule has 1 aromatic heterocycles. The summed E-state index contributed by atoms with van der Waals surface area (Å²) in [6.07, 6.45) is 2.98. The maximum absolute atomic E-state index is 5.63. The van der Waals surface area contributed by atoms with Crippen LogP contribution in [0, 0.1) is 13.8 Å². The first-order valence-electron chi connectivity index (χ1n) is 8.78. The average molecular weight is 432 g/mol. The highest BCUT2D eigenvalue weighted by atomic mass is 35.5. The molecular formula is C20H31Cl2N3OS. The van der Waals surface area contributed by atoms with Crippen molar-refractivity contribution in [1.29, 1.82) is 0 Å². The number of aromatic nitrogens is 1. The van der Waals surface area contributed by atoms with Gasteiger partial charge in [-0.1, -0.05) is 6.07 Å². The van der Waals surface area contributed by atoms with E-state index in [4.69, 9.17) is 9.72 Å². The van der Waals surface area contributed by atoms with Gasteiger partial charge in [-0.2, -0.15) is 0 Å². The smallest absolute Gasteiger partial charge is 0.0973 e. The molecule has 7 heteroatoms. The molecule has 0 aliphatic rings. The van der Waals surface area contributed by atoms with Crippen LogP contribution in [0.1, 0.15) is 48.2 Å². The zero-order valence-corrected chi connectivity index (χ0v) is 19.4. The summed E-state index contributed by atoms with van der Waals surface area (Å²) in [5.74, 6) is 0. The SMILES string of the molecule is CCN(C)/C=N\c1cc(C)c(Cc2nc(COC(C)C)cs2)cc1C.Cl.Cl. The summed E-state index contributed by atoms with van der Waals surface area (Å²) in [7, 11) is 2.03. The lowest BCUT2D eigenvalue weighted by atomic mass is 10.0. The molecule has 0 aliphatic carbocycles. The Hall–Kier alpha value is -1.14. The van der Waals surface area contributed by atoms with Gasteiger partial charge in [-0.15, -0.1) is 36.2 Å². The number of nitrogens with zero attached hydrogens (tertiary/aromatic N) is 3. The fraction of sp³-hybridized carbons (Fsp3) is 0.500. The van der Waals surface area contributed by atoms with Crippen molar-refractivity contribution in [3.05, 3.63) is 44.9 Å². The number of aliphatic imine (C=N–C) groups is 1. The normalized spacial score (nSPS) is 10.8. The van der Waals surface area contributed by atoms with Crippen LogP contribution in [0.15, 0.2) is 22.5 Å². The molecule has 0 saturated carbocycles. The lowest BCUT2D eigenvalue weighted by molar-refractivity contribution is 0.0638. The first-order chi connectivity index (χ1) is 11.9. The molecular weight excluding hydrogens is 401 g/mol. The number of halogens is 2. The van der Waals surface area contributed by atoms with Crippen molar-refractivity contribution in [2.45, 2.75) is 53.8 Å². The third-order valence-corrected chi connectivity index (χ3v) is 4.95. The highest BCUT2D eigenvalue weighted by Crippen LogP contribution is 2.26. The first-order valence-corrected chi connectivity index (χ1v) is 9.66. The Morgan fingerprint density at radius 2 is 1.93 bits per heavy atom. The van der Waals surface area contributed by atoms with Gasteiger partial charge in [0, 0.05) is 25.4 Å². The molecule has 0 atom stereocenters. The second-order valence-electron chi connectivity index (χ2n) is 6.65. The third kappa shape index (κ3) is 8.18. The van der Waals surface area contributed by atoms with Gasteiger partial charge in [0.05, 0.1) is 35.4 Å². The molecule has 0 radical (unpaired) electrons. The van der Waals surface area contributed by atoms with E-state index in [9.17, 15) is 0 Å². The van der Waals surface area contributed by atoms with E-state index in [1.54, 1.807) is 11.3 Å². The number of aryl methyl sites for hydroxylation is 2. The molecule has 1 aromatic carbocycles. The highest BCUT2D eigenvalue weighted by Gasteiger charge is 2.09. The van der Waals surface area contributed by atoms with Crippen molar-refractivity contribution in [1.82, 2.24) is 9.88 Å².